The minimum absolute atomic E-state index is 0.152. The fourth-order valence-electron chi connectivity index (χ4n) is 2.22. The van der Waals surface area contributed by atoms with Gasteiger partial charge in [-0.25, -0.2) is 4.79 Å². The molecule has 1 fully saturated rings. The van der Waals surface area contributed by atoms with Crippen LogP contribution < -0.4 is 11.4 Å². The first-order valence-corrected chi connectivity index (χ1v) is 6.41. The number of nitrogen functional groups attached to an aromatic ring is 1. The van der Waals surface area contributed by atoms with Gasteiger partial charge in [0, 0.05) is 11.8 Å². The first-order chi connectivity index (χ1) is 9.43. The van der Waals surface area contributed by atoms with Gasteiger partial charge in [0.15, 0.2) is 0 Å². The molecule has 0 saturated carbocycles. The maximum absolute atomic E-state index is 11.9. The number of anilines is 1. The Morgan fingerprint density at radius 1 is 1.50 bits per heavy atom. The van der Waals surface area contributed by atoms with Crippen molar-refractivity contribution in [3.05, 3.63) is 22.2 Å². The molecule has 8 nitrogen and oxygen atoms in total. The molecule has 4 atom stereocenters. The van der Waals surface area contributed by atoms with Crippen LogP contribution in [0.1, 0.15) is 24.6 Å². The summed E-state index contributed by atoms with van der Waals surface area (Å²) in [6.07, 6.45) is -1.77. The third-order valence-corrected chi connectivity index (χ3v) is 3.48. The second-order valence-corrected chi connectivity index (χ2v) is 4.95. The van der Waals surface area contributed by atoms with Gasteiger partial charge in [0.25, 0.3) is 0 Å². The van der Waals surface area contributed by atoms with Crippen LogP contribution in [0.5, 0.6) is 0 Å². The molecule has 1 aromatic heterocycles. The van der Waals surface area contributed by atoms with E-state index in [4.69, 9.17) is 10.5 Å². The highest BCUT2D eigenvalue weighted by Crippen LogP contribution is 2.25. The van der Waals surface area contributed by atoms with Crippen LogP contribution in [0.25, 0.3) is 0 Å². The molecule has 1 aromatic rings. The van der Waals surface area contributed by atoms with Gasteiger partial charge in [-0.2, -0.15) is 4.98 Å². The first-order valence-electron chi connectivity index (χ1n) is 6.41. The summed E-state index contributed by atoms with van der Waals surface area (Å²) in [4.78, 5) is 15.6. The van der Waals surface area contributed by atoms with Crippen LogP contribution >= 0.6 is 0 Å². The average Bonchev–Trinajstić information content (AvgIpc) is 2.55. The Bertz CT molecular complexity index is 532. The van der Waals surface area contributed by atoms with Crippen molar-refractivity contribution in [2.75, 3.05) is 12.3 Å². The molecule has 112 valence electrons. The number of hydrogen-bond donors (Lipinski definition) is 4. The number of nitrogens with two attached hydrogens (primary N) is 1. The lowest BCUT2D eigenvalue weighted by Gasteiger charge is -2.25. The molecule has 0 bridgehead atoms. The molecular weight excluding hydrogens is 266 g/mol. The maximum Gasteiger partial charge on any atom is 0.351 e. The molecule has 1 aliphatic rings. The van der Waals surface area contributed by atoms with E-state index in [0.29, 0.717) is 12.0 Å². The van der Waals surface area contributed by atoms with Crippen molar-refractivity contribution >= 4 is 5.82 Å². The predicted octanol–water partition coefficient (Wildman–Crippen LogP) is -1.47. The second kappa shape index (κ2) is 5.88. The van der Waals surface area contributed by atoms with Crippen LogP contribution in [0.4, 0.5) is 5.82 Å². The van der Waals surface area contributed by atoms with Crippen LogP contribution in [-0.4, -0.2) is 49.8 Å². The predicted molar refractivity (Wildman–Crippen MR) is 69.9 cm³/mol. The number of nitrogens with zero attached hydrogens (tertiary/aromatic N) is 2. The number of rotatable bonds is 2. The summed E-state index contributed by atoms with van der Waals surface area (Å²) in [5.41, 5.74) is 5.62. The van der Waals surface area contributed by atoms with Crippen molar-refractivity contribution in [3.63, 3.8) is 0 Å². The van der Waals surface area contributed by atoms with E-state index in [2.05, 4.69) is 4.98 Å². The maximum atomic E-state index is 11.9. The van der Waals surface area contributed by atoms with E-state index in [-0.39, 0.29) is 12.2 Å². The highest BCUT2D eigenvalue weighted by Gasteiger charge is 2.34. The van der Waals surface area contributed by atoms with Gasteiger partial charge in [-0.3, -0.25) is 4.57 Å². The Kier molecular flexibility index (Phi) is 4.39. The van der Waals surface area contributed by atoms with Gasteiger partial charge in [-0.15, -0.1) is 0 Å². The lowest BCUT2D eigenvalue weighted by molar-refractivity contribution is -0.129. The molecule has 2 heterocycles. The van der Waals surface area contributed by atoms with Crippen molar-refractivity contribution in [2.24, 2.45) is 0 Å². The van der Waals surface area contributed by atoms with Crippen molar-refractivity contribution in [1.29, 1.82) is 0 Å². The number of aliphatic hydroxyl groups excluding tert-OH is 3. The van der Waals surface area contributed by atoms with E-state index < -0.39 is 36.8 Å². The Morgan fingerprint density at radius 2 is 2.20 bits per heavy atom. The van der Waals surface area contributed by atoms with E-state index in [1.807, 2.05) is 0 Å². The molecule has 0 radical (unpaired) electrons. The average molecular weight is 285 g/mol. The lowest BCUT2D eigenvalue weighted by atomic mass is 10.1. The van der Waals surface area contributed by atoms with Gasteiger partial charge in [0.1, 0.15) is 24.3 Å². The fourth-order valence-corrected chi connectivity index (χ4v) is 2.22. The van der Waals surface area contributed by atoms with Crippen molar-refractivity contribution in [3.8, 4) is 0 Å². The lowest BCUT2D eigenvalue weighted by Crippen LogP contribution is -2.40. The van der Waals surface area contributed by atoms with Crippen LogP contribution in [-0.2, 0) is 4.74 Å². The molecule has 0 spiro atoms. The van der Waals surface area contributed by atoms with Gasteiger partial charge in [0.2, 0.25) is 0 Å². The molecule has 1 unspecified atom stereocenters. The normalized spacial score (nSPS) is 31.0. The fraction of sp³-hybridized carbons (Fsp3) is 0.667. The molecule has 2 rings (SSSR count). The summed E-state index contributed by atoms with van der Waals surface area (Å²) in [7, 11) is 0. The summed E-state index contributed by atoms with van der Waals surface area (Å²) in [6, 6.07) is 0. The van der Waals surface area contributed by atoms with Crippen molar-refractivity contribution in [2.45, 2.75) is 44.3 Å². The van der Waals surface area contributed by atoms with Crippen LogP contribution in [0.2, 0.25) is 0 Å². The van der Waals surface area contributed by atoms with E-state index >= 15 is 0 Å². The topological polar surface area (TPSA) is 131 Å². The second-order valence-electron chi connectivity index (χ2n) is 4.95. The van der Waals surface area contributed by atoms with Crippen molar-refractivity contribution in [1.82, 2.24) is 9.55 Å². The number of aryl methyl sites for hydroxylation is 1. The van der Waals surface area contributed by atoms with Gasteiger partial charge >= 0.3 is 5.69 Å². The SMILES string of the molecule is Cc1cn(C2CC[C@H](O)[C@H](O)[C@@H](CO)O2)c(=O)nc1N. The third-order valence-electron chi connectivity index (χ3n) is 3.48. The minimum Gasteiger partial charge on any atom is -0.394 e. The molecule has 20 heavy (non-hydrogen) atoms. The Labute approximate surface area is 115 Å². The number of hydrogen-bond acceptors (Lipinski definition) is 7. The minimum atomic E-state index is -1.19. The summed E-state index contributed by atoms with van der Waals surface area (Å²) in [5.74, 6) is 0.152. The Hall–Kier alpha value is -1.48. The zero-order valence-corrected chi connectivity index (χ0v) is 11.1. The summed E-state index contributed by atoms with van der Waals surface area (Å²) < 4.78 is 6.79. The molecular formula is C12H19N3O5. The smallest absolute Gasteiger partial charge is 0.351 e. The van der Waals surface area contributed by atoms with Gasteiger partial charge in [-0.05, 0) is 19.8 Å². The highest BCUT2D eigenvalue weighted by molar-refractivity contribution is 5.35. The van der Waals surface area contributed by atoms with Gasteiger partial charge in [-0.1, -0.05) is 0 Å². The Balaban J connectivity index is 2.33. The van der Waals surface area contributed by atoms with E-state index in [0.717, 1.165) is 0 Å². The molecule has 1 saturated heterocycles. The van der Waals surface area contributed by atoms with E-state index in [1.54, 1.807) is 6.92 Å². The zero-order valence-electron chi connectivity index (χ0n) is 11.1. The third kappa shape index (κ3) is 2.83. The number of aliphatic hydroxyl groups is 3. The number of ether oxygens (including phenoxy) is 1. The zero-order chi connectivity index (χ0) is 14.9. The molecule has 0 aromatic carbocycles. The van der Waals surface area contributed by atoms with E-state index in [1.165, 1.54) is 10.8 Å². The number of aromatic nitrogens is 2. The molecule has 0 aliphatic carbocycles. The summed E-state index contributed by atoms with van der Waals surface area (Å²) in [6.45, 7) is 1.26. The van der Waals surface area contributed by atoms with Gasteiger partial charge < -0.3 is 25.8 Å². The standard InChI is InChI=1S/C12H19N3O5/c1-6-4-15(12(19)14-11(6)13)9-3-2-7(17)10(18)8(5-16)20-9/h4,7-10,16-18H,2-3,5H2,1H3,(H2,13,14,19)/t7-,8+,9?,10-/m0/s1. The van der Waals surface area contributed by atoms with Gasteiger partial charge in [0.05, 0.1) is 12.7 Å². The molecule has 5 N–H and O–H groups in total. The van der Waals surface area contributed by atoms with E-state index in [9.17, 15) is 20.1 Å². The van der Waals surface area contributed by atoms with Crippen LogP contribution in [0.3, 0.4) is 0 Å². The van der Waals surface area contributed by atoms with Crippen LogP contribution in [0.15, 0.2) is 11.0 Å². The largest absolute Gasteiger partial charge is 0.394 e. The summed E-state index contributed by atoms with van der Waals surface area (Å²) >= 11 is 0. The highest BCUT2D eigenvalue weighted by atomic mass is 16.5. The Morgan fingerprint density at radius 3 is 2.85 bits per heavy atom. The first kappa shape index (κ1) is 14.9. The molecule has 1 aliphatic heterocycles. The molecule has 8 heteroatoms. The molecule has 0 amide bonds. The quantitative estimate of drug-likeness (QED) is 0.521. The summed E-state index contributed by atoms with van der Waals surface area (Å²) in [5, 5.41) is 28.7. The monoisotopic (exact) mass is 285 g/mol. The van der Waals surface area contributed by atoms with Crippen LogP contribution in [0, 0.1) is 6.92 Å². The van der Waals surface area contributed by atoms with Crippen molar-refractivity contribution < 1.29 is 20.1 Å².